The number of ether oxygens (including phenoxy) is 1. The van der Waals surface area contributed by atoms with Crippen LogP contribution in [0.5, 0.6) is 0 Å². The standard InChI is InChI=1S/C11H21NO2/c1-8(2)14-9-6-12(7-9)10-4-3-5-11(10)13/h8-11,13H,3-7H2,1-2H3/t10-,11-/m1/s1. The number of hydrogen-bond acceptors (Lipinski definition) is 3. The highest BCUT2D eigenvalue weighted by Gasteiger charge is 2.38. The molecule has 0 aromatic rings. The summed E-state index contributed by atoms with van der Waals surface area (Å²) in [6.07, 6.45) is 3.97. The fraction of sp³-hybridized carbons (Fsp3) is 1.00. The van der Waals surface area contributed by atoms with Gasteiger partial charge in [-0.3, -0.25) is 4.90 Å². The van der Waals surface area contributed by atoms with Gasteiger partial charge in [0, 0.05) is 19.1 Å². The molecule has 0 unspecified atom stereocenters. The average Bonchev–Trinajstić information content (AvgIpc) is 2.42. The van der Waals surface area contributed by atoms with Gasteiger partial charge in [0.2, 0.25) is 0 Å². The maximum Gasteiger partial charge on any atom is 0.0832 e. The zero-order chi connectivity index (χ0) is 10.1. The third kappa shape index (κ3) is 2.10. The Morgan fingerprint density at radius 2 is 2.00 bits per heavy atom. The van der Waals surface area contributed by atoms with Crippen molar-refractivity contribution in [1.82, 2.24) is 4.90 Å². The third-order valence-electron chi connectivity index (χ3n) is 3.25. The second kappa shape index (κ2) is 4.17. The molecule has 2 rings (SSSR count). The van der Waals surface area contributed by atoms with Gasteiger partial charge >= 0.3 is 0 Å². The molecule has 0 aromatic carbocycles. The van der Waals surface area contributed by atoms with E-state index >= 15 is 0 Å². The monoisotopic (exact) mass is 199 g/mol. The van der Waals surface area contributed by atoms with E-state index in [4.69, 9.17) is 4.74 Å². The van der Waals surface area contributed by atoms with Gasteiger partial charge in [0.25, 0.3) is 0 Å². The van der Waals surface area contributed by atoms with Crippen molar-refractivity contribution in [3.8, 4) is 0 Å². The van der Waals surface area contributed by atoms with Crippen molar-refractivity contribution in [2.24, 2.45) is 0 Å². The van der Waals surface area contributed by atoms with Gasteiger partial charge in [0.15, 0.2) is 0 Å². The van der Waals surface area contributed by atoms with Crippen molar-refractivity contribution in [2.75, 3.05) is 13.1 Å². The normalized spacial score (nSPS) is 35.1. The van der Waals surface area contributed by atoms with E-state index in [1.165, 1.54) is 6.42 Å². The predicted octanol–water partition coefficient (Wildman–Crippen LogP) is 1.01. The minimum Gasteiger partial charge on any atom is -0.391 e. The molecule has 2 aliphatic rings. The minimum atomic E-state index is -0.0880. The number of likely N-dealkylation sites (tertiary alicyclic amines) is 1. The molecule has 3 nitrogen and oxygen atoms in total. The molecule has 2 fully saturated rings. The maximum absolute atomic E-state index is 9.71. The summed E-state index contributed by atoms with van der Waals surface area (Å²) in [6, 6.07) is 0.419. The van der Waals surface area contributed by atoms with Gasteiger partial charge in [0.05, 0.1) is 18.3 Å². The van der Waals surface area contributed by atoms with Crippen molar-refractivity contribution in [3.63, 3.8) is 0 Å². The molecule has 1 heterocycles. The zero-order valence-electron chi connectivity index (χ0n) is 9.15. The molecule has 1 aliphatic heterocycles. The molecule has 2 atom stereocenters. The predicted molar refractivity (Wildman–Crippen MR) is 55.2 cm³/mol. The van der Waals surface area contributed by atoms with Crippen molar-refractivity contribution in [3.05, 3.63) is 0 Å². The molecule has 0 spiro atoms. The van der Waals surface area contributed by atoms with E-state index in [1.54, 1.807) is 0 Å². The van der Waals surface area contributed by atoms with E-state index < -0.39 is 0 Å². The van der Waals surface area contributed by atoms with Crippen LogP contribution in [0.25, 0.3) is 0 Å². The molecular formula is C11H21NO2. The first kappa shape index (κ1) is 10.4. The maximum atomic E-state index is 9.71. The van der Waals surface area contributed by atoms with Gasteiger partial charge in [-0.2, -0.15) is 0 Å². The Balaban J connectivity index is 1.72. The summed E-state index contributed by atoms with van der Waals surface area (Å²) in [7, 11) is 0. The van der Waals surface area contributed by atoms with Crippen LogP contribution in [0.1, 0.15) is 33.1 Å². The molecule has 1 N–H and O–H groups in total. The molecule has 1 saturated carbocycles. The summed E-state index contributed by atoms with van der Waals surface area (Å²) >= 11 is 0. The van der Waals surface area contributed by atoms with Gasteiger partial charge in [-0.15, -0.1) is 0 Å². The summed E-state index contributed by atoms with van der Waals surface area (Å²) in [5.74, 6) is 0. The molecule has 14 heavy (non-hydrogen) atoms. The summed E-state index contributed by atoms with van der Waals surface area (Å²) in [6.45, 7) is 6.18. The van der Waals surface area contributed by atoms with Crippen LogP contribution < -0.4 is 0 Å². The highest BCUT2D eigenvalue weighted by atomic mass is 16.5. The lowest BCUT2D eigenvalue weighted by atomic mass is 10.1. The summed E-state index contributed by atoms with van der Waals surface area (Å²) in [4.78, 5) is 2.37. The highest BCUT2D eigenvalue weighted by molar-refractivity contribution is 4.93. The molecule has 1 saturated heterocycles. The number of aliphatic hydroxyl groups is 1. The van der Waals surface area contributed by atoms with Crippen molar-refractivity contribution in [1.29, 1.82) is 0 Å². The first-order chi connectivity index (χ1) is 6.66. The van der Waals surface area contributed by atoms with Crippen LogP contribution in [-0.4, -0.2) is 47.4 Å². The summed E-state index contributed by atoms with van der Waals surface area (Å²) < 4.78 is 5.69. The van der Waals surface area contributed by atoms with Crippen LogP contribution in [0.15, 0.2) is 0 Å². The first-order valence-corrected chi connectivity index (χ1v) is 5.74. The van der Waals surface area contributed by atoms with Crippen LogP contribution in [0.2, 0.25) is 0 Å². The molecular weight excluding hydrogens is 178 g/mol. The van der Waals surface area contributed by atoms with Crippen molar-refractivity contribution >= 4 is 0 Å². The molecule has 1 aliphatic carbocycles. The van der Waals surface area contributed by atoms with Gasteiger partial charge in [0.1, 0.15) is 0 Å². The second-order valence-electron chi connectivity index (χ2n) is 4.83. The Kier molecular flexibility index (Phi) is 3.10. The topological polar surface area (TPSA) is 32.7 Å². The quantitative estimate of drug-likeness (QED) is 0.736. The lowest BCUT2D eigenvalue weighted by Crippen LogP contribution is -2.58. The van der Waals surface area contributed by atoms with Gasteiger partial charge in [-0.1, -0.05) is 0 Å². The van der Waals surface area contributed by atoms with Crippen LogP contribution in [0, 0.1) is 0 Å². The fourth-order valence-corrected chi connectivity index (χ4v) is 2.56. The van der Waals surface area contributed by atoms with E-state index in [-0.39, 0.29) is 6.10 Å². The second-order valence-corrected chi connectivity index (χ2v) is 4.83. The lowest BCUT2D eigenvalue weighted by Gasteiger charge is -2.44. The fourth-order valence-electron chi connectivity index (χ4n) is 2.56. The van der Waals surface area contributed by atoms with Crippen LogP contribution in [0.4, 0.5) is 0 Å². The van der Waals surface area contributed by atoms with Gasteiger partial charge in [-0.05, 0) is 33.1 Å². The van der Waals surface area contributed by atoms with Crippen LogP contribution in [-0.2, 0) is 4.74 Å². The lowest BCUT2D eigenvalue weighted by molar-refractivity contribution is -0.106. The Hall–Kier alpha value is -0.120. The Labute approximate surface area is 86.0 Å². The Morgan fingerprint density at radius 3 is 2.50 bits per heavy atom. The summed E-state index contributed by atoms with van der Waals surface area (Å²) in [5.41, 5.74) is 0. The van der Waals surface area contributed by atoms with Crippen LogP contribution in [0.3, 0.4) is 0 Å². The van der Waals surface area contributed by atoms with Gasteiger partial charge < -0.3 is 9.84 Å². The molecule has 0 bridgehead atoms. The molecule has 0 amide bonds. The number of hydrogen-bond donors (Lipinski definition) is 1. The molecule has 0 aromatic heterocycles. The minimum absolute atomic E-state index is 0.0880. The Bertz CT molecular complexity index is 190. The number of rotatable bonds is 3. The summed E-state index contributed by atoms with van der Waals surface area (Å²) in [5, 5.41) is 9.71. The largest absolute Gasteiger partial charge is 0.391 e. The van der Waals surface area contributed by atoms with E-state index in [2.05, 4.69) is 18.7 Å². The van der Waals surface area contributed by atoms with Gasteiger partial charge in [-0.25, -0.2) is 0 Å². The van der Waals surface area contributed by atoms with E-state index in [0.29, 0.717) is 18.2 Å². The highest BCUT2D eigenvalue weighted by Crippen LogP contribution is 2.28. The van der Waals surface area contributed by atoms with E-state index in [0.717, 1.165) is 25.9 Å². The molecule has 82 valence electrons. The van der Waals surface area contributed by atoms with Crippen molar-refractivity contribution in [2.45, 2.75) is 57.5 Å². The van der Waals surface area contributed by atoms with E-state index in [9.17, 15) is 5.11 Å². The number of aliphatic hydroxyl groups excluding tert-OH is 1. The smallest absolute Gasteiger partial charge is 0.0832 e. The number of nitrogens with zero attached hydrogens (tertiary/aromatic N) is 1. The van der Waals surface area contributed by atoms with E-state index in [1.807, 2.05) is 0 Å². The first-order valence-electron chi connectivity index (χ1n) is 5.74. The Morgan fingerprint density at radius 1 is 1.29 bits per heavy atom. The third-order valence-corrected chi connectivity index (χ3v) is 3.25. The molecule has 3 heteroatoms. The SMILES string of the molecule is CC(C)OC1CN([C@@H]2CCC[C@H]2O)C1. The van der Waals surface area contributed by atoms with Crippen LogP contribution >= 0.6 is 0 Å². The average molecular weight is 199 g/mol. The molecule has 0 radical (unpaired) electrons. The van der Waals surface area contributed by atoms with Crippen molar-refractivity contribution < 1.29 is 9.84 Å². The zero-order valence-corrected chi connectivity index (χ0v) is 9.15.